The molecule has 2 saturated heterocycles. The minimum absolute atomic E-state index is 0.00176. The summed E-state index contributed by atoms with van der Waals surface area (Å²) in [7, 11) is -3.36. The lowest BCUT2D eigenvalue weighted by atomic mass is 9.84. The van der Waals surface area contributed by atoms with Gasteiger partial charge in [0.05, 0.1) is 40.0 Å². The molecule has 5 N–H and O–H groups in total. The fourth-order valence-electron chi connectivity index (χ4n) is 10.4. The number of fused-ring (bicyclic) bond motifs is 2. The van der Waals surface area contributed by atoms with E-state index < -0.39 is 57.4 Å². The van der Waals surface area contributed by atoms with E-state index in [-0.39, 0.29) is 65.1 Å². The summed E-state index contributed by atoms with van der Waals surface area (Å²) in [6.07, 6.45) is 8.57. The van der Waals surface area contributed by atoms with Crippen molar-refractivity contribution < 1.29 is 50.3 Å². The van der Waals surface area contributed by atoms with Gasteiger partial charge in [-0.15, -0.1) is 0 Å². The normalized spacial score (nSPS) is 20.1. The highest BCUT2D eigenvalue weighted by Gasteiger charge is 2.46. The van der Waals surface area contributed by atoms with Crippen molar-refractivity contribution in [2.24, 2.45) is 13.0 Å². The van der Waals surface area contributed by atoms with Gasteiger partial charge in [0.15, 0.2) is 0 Å². The van der Waals surface area contributed by atoms with Crippen LogP contribution < -0.4 is 25.8 Å². The van der Waals surface area contributed by atoms with Crippen molar-refractivity contribution in [2.45, 2.75) is 88.3 Å². The Balaban J connectivity index is 0.791. The molecule has 6 aromatic rings. The number of rotatable bonds is 13. The predicted molar refractivity (Wildman–Crippen MR) is 261 cm³/mol. The summed E-state index contributed by atoms with van der Waals surface area (Å²) in [6, 6.07) is 13.6. The number of amides is 5. The average Bonchev–Trinajstić information content (AvgIpc) is 4.07. The summed E-state index contributed by atoms with van der Waals surface area (Å²) in [5.74, 6) is -6.45. The van der Waals surface area contributed by atoms with Gasteiger partial charge in [-0.3, -0.25) is 48.3 Å². The third-order valence-electron chi connectivity index (χ3n) is 14.2. The van der Waals surface area contributed by atoms with E-state index in [0.717, 1.165) is 10.5 Å². The molecule has 23 heteroatoms. The maximum absolute atomic E-state index is 13.9. The Labute approximate surface area is 416 Å². The lowest BCUT2D eigenvalue weighted by Crippen LogP contribution is -2.54. The van der Waals surface area contributed by atoms with Gasteiger partial charge in [0.25, 0.3) is 21.8 Å². The number of aryl methyl sites for hydroxylation is 1. The van der Waals surface area contributed by atoms with E-state index in [1.807, 2.05) is 20.5 Å². The lowest BCUT2D eigenvalue weighted by molar-refractivity contribution is -0.138. The number of halogens is 3. The lowest BCUT2D eigenvalue weighted by Gasteiger charge is -2.36. The number of pyridine rings is 1. The van der Waals surface area contributed by atoms with Crippen LogP contribution in [0.1, 0.15) is 96.7 Å². The molecule has 0 spiro atoms. The SMILES string of the molecule is C[C@H](Oc1cc(-c2nn(C)c3c(-c4cnn(C5CCN(C(=O)C6CCC(Nc7cccc8c7C(=O)N(C7CCC(=O)NC7=O)C8=O)CC6)CC5)c4)cnc(N)c23)ccc1NS(=O)(=O)C(F)F)c1ccc(F)cc1. The van der Waals surface area contributed by atoms with E-state index in [1.54, 1.807) is 49.2 Å². The fraction of sp³-hybridized carbons (Fsp3) is 0.360. The molecule has 3 aliphatic heterocycles. The number of hydrogen-bond donors (Lipinski definition) is 4. The number of nitrogens with two attached hydrogens (primary N) is 1. The highest BCUT2D eigenvalue weighted by Crippen LogP contribution is 2.42. The van der Waals surface area contributed by atoms with E-state index in [2.05, 4.69) is 15.6 Å². The highest BCUT2D eigenvalue weighted by atomic mass is 32.2. The Kier molecular flexibility index (Phi) is 12.9. The molecule has 380 valence electrons. The molecular weight excluding hydrogens is 972 g/mol. The van der Waals surface area contributed by atoms with Gasteiger partial charge in [0.2, 0.25) is 17.7 Å². The Bertz CT molecular complexity index is 3310. The molecule has 0 radical (unpaired) electrons. The van der Waals surface area contributed by atoms with E-state index in [0.29, 0.717) is 90.6 Å². The molecule has 1 saturated carbocycles. The Morgan fingerprint density at radius 1 is 0.890 bits per heavy atom. The van der Waals surface area contributed by atoms with Crippen LogP contribution in [0.15, 0.2) is 79.3 Å². The van der Waals surface area contributed by atoms with Crippen LogP contribution >= 0.6 is 0 Å². The zero-order valence-electron chi connectivity index (χ0n) is 39.6. The maximum Gasteiger partial charge on any atom is 0.355 e. The zero-order chi connectivity index (χ0) is 51.5. The van der Waals surface area contributed by atoms with Crippen LogP contribution in [0.4, 0.5) is 30.4 Å². The Morgan fingerprint density at radius 2 is 1.63 bits per heavy atom. The van der Waals surface area contributed by atoms with Gasteiger partial charge in [-0.2, -0.15) is 19.0 Å². The van der Waals surface area contributed by atoms with E-state index in [9.17, 15) is 45.6 Å². The summed E-state index contributed by atoms with van der Waals surface area (Å²) in [5, 5.41) is 15.6. The molecule has 6 heterocycles. The van der Waals surface area contributed by atoms with Crippen molar-refractivity contribution in [2.75, 3.05) is 28.9 Å². The van der Waals surface area contributed by atoms with Crippen molar-refractivity contribution in [3.63, 3.8) is 0 Å². The van der Waals surface area contributed by atoms with E-state index >= 15 is 0 Å². The predicted octanol–water partition coefficient (Wildman–Crippen LogP) is 6.56. The molecule has 4 aliphatic rings. The van der Waals surface area contributed by atoms with Crippen LogP contribution in [0.25, 0.3) is 33.3 Å². The van der Waals surface area contributed by atoms with Crippen molar-refractivity contribution in [1.29, 1.82) is 0 Å². The number of carbonyl (C=O) groups is 5. The minimum atomic E-state index is -5.09. The number of ether oxygens (including phenoxy) is 1. The van der Waals surface area contributed by atoms with E-state index in [1.165, 1.54) is 42.5 Å². The van der Waals surface area contributed by atoms with Crippen LogP contribution in [0.2, 0.25) is 0 Å². The molecular formula is C50H50F3N11O8S. The van der Waals surface area contributed by atoms with Crippen LogP contribution in [0.5, 0.6) is 5.75 Å². The van der Waals surface area contributed by atoms with Gasteiger partial charge in [-0.1, -0.05) is 24.3 Å². The number of carbonyl (C=O) groups excluding carboxylic acids is 5. The largest absolute Gasteiger partial charge is 0.484 e. The fourth-order valence-corrected chi connectivity index (χ4v) is 11.0. The smallest absolute Gasteiger partial charge is 0.355 e. The van der Waals surface area contributed by atoms with Gasteiger partial charge in [-0.25, -0.2) is 17.8 Å². The molecule has 10 rings (SSSR count). The summed E-state index contributed by atoms with van der Waals surface area (Å²) in [5.41, 5.74) is 10.5. The molecule has 73 heavy (non-hydrogen) atoms. The first kappa shape index (κ1) is 48.8. The number of nitrogen functional groups attached to an aromatic ring is 1. The van der Waals surface area contributed by atoms with Crippen molar-refractivity contribution in [3.8, 4) is 28.1 Å². The molecule has 3 aromatic heterocycles. The summed E-state index contributed by atoms with van der Waals surface area (Å²) < 4.78 is 76.8. The monoisotopic (exact) mass is 1020 g/mol. The third kappa shape index (κ3) is 9.32. The van der Waals surface area contributed by atoms with Gasteiger partial charge in [0, 0.05) is 73.3 Å². The second-order valence-corrected chi connectivity index (χ2v) is 20.5. The molecule has 3 aromatic carbocycles. The first-order chi connectivity index (χ1) is 34.9. The molecule has 3 fully saturated rings. The molecule has 1 unspecified atom stereocenters. The van der Waals surface area contributed by atoms with Gasteiger partial charge >= 0.3 is 5.76 Å². The first-order valence-electron chi connectivity index (χ1n) is 23.9. The summed E-state index contributed by atoms with van der Waals surface area (Å²) >= 11 is 0. The number of nitrogens with one attached hydrogen (secondary N) is 3. The van der Waals surface area contributed by atoms with Crippen LogP contribution in [0, 0.1) is 11.7 Å². The second kappa shape index (κ2) is 19.3. The van der Waals surface area contributed by atoms with Gasteiger partial charge in [-0.05, 0) is 93.8 Å². The molecule has 0 bridgehead atoms. The number of benzene rings is 3. The Hall–Kier alpha value is -7.82. The average molecular weight is 1020 g/mol. The summed E-state index contributed by atoms with van der Waals surface area (Å²) in [4.78, 5) is 72.5. The van der Waals surface area contributed by atoms with Crippen LogP contribution in [-0.4, -0.2) is 103 Å². The van der Waals surface area contributed by atoms with Crippen molar-refractivity contribution in [1.82, 2.24) is 39.7 Å². The number of alkyl halides is 2. The first-order valence-corrected chi connectivity index (χ1v) is 25.4. The minimum Gasteiger partial charge on any atom is -0.484 e. The van der Waals surface area contributed by atoms with Crippen molar-refractivity contribution in [3.05, 3.63) is 102 Å². The molecule has 1 aliphatic carbocycles. The highest BCUT2D eigenvalue weighted by molar-refractivity contribution is 7.93. The molecule has 5 amide bonds. The maximum atomic E-state index is 13.9. The second-order valence-electron chi connectivity index (χ2n) is 18.8. The number of sulfonamides is 1. The van der Waals surface area contributed by atoms with Crippen LogP contribution in [0.3, 0.4) is 0 Å². The topological polar surface area (TPSA) is 246 Å². The van der Waals surface area contributed by atoms with Gasteiger partial charge in [0.1, 0.15) is 35.2 Å². The summed E-state index contributed by atoms with van der Waals surface area (Å²) in [6.45, 7) is 2.73. The van der Waals surface area contributed by atoms with Crippen LogP contribution in [-0.2, 0) is 31.5 Å². The van der Waals surface area contributed by atoms with Gasteiger partial charge < -0.3 is 20.7 Å². The number of aromatic nitrogens is 5. The number of anilines is 3. The number of likely N-dealkylation sites (tertiary alicyclic amines) is 1. The number of hydrogen-bond acceptors (Lipinski definition) is 13. The number of piperidine rings is 2. The Morgan fingerprint density at radius 3 is 2.34 bits per heavy atom. The standard InChI is InChI=1S/C50H50F3N11O8S/c1-26(27-6-11-31(51)12-7-27)72-39-22-29(10-15-36(39)60-73(70,71)50(52)53)43-42-44(61(2)59-43)35(24-55-45(42)54)30-23-56-63(25-30)33-18-20-62(21-19-33)47(67)28-8-13-32(14-9-28)57-37-5-3-4-34-41(37)49(69)64(48(34)68)38-16-17-40(65)58-46(38)66/h3-7,10-12,15,22-26,28,32-33,38,50,57,60H,8-9,13-14,16-21H2,1-2H3,(H2,54,55)(H,58,65,66)/t26-,28?,32?,38?/m0/s1. The quantitative estimate of drug-likeness (QED) is 0.0897. The van der Waals surface area contributed by atoms with E-state index in [4.69, 9.17) is 20.7 Å². The number of imide groups is 2. The zero-order valence-corrected chi connectivity index (χ0v) is 40.4. The third-order valence-corrected chi connectivity index (χ3v) is 15.2. The molecule has 2 atom stereocenters. The number of nitrogens with zero attached hydrogens (tertiary/aromatic N) is 7. The molecule has 19 nitrogen and oxygen atoms in total. The van der Waals surface area contributed by atoms with Crippen molar-refractivity contribution >= 4 is 67.7 Å².